The summed E-state index contributed by atoms with van der Waals surface area (Å²) in [5, 5.41) is 3.38. The summed E-state index contributed by atoms with van der Waals surface area (Å²) in [5.74, 6) is 1.45. The minimum Gasteiger partial charge on any atom is -0.348 e. The van der Waals surface area contributed by atoms with Gasteiger partial charge in [-0.1, -0.05) is 0 Å². The fourth-order valence-corrected chi connectivity index (χ4v) is 4.31. The summed E-state index contributed by atoms with van der Waals surface area (Å²) in [6, 6.07) is 14.4. The maximum Gasteiger partial charge on any atom is 0.167 e. The minimum absolute atomic E-state index is 0.224. The molecule has 0 bridgehead atoms. The Kier molecular flexibility index (Phi) is 3.49. The van der Waals surface area contributed by atoms with Crippen molar-refractivity contribution in [2.75, 3.05) is 24.5 Å². The van der Waals surface area contributed by atoms with Crippen LogP contribution in [0.2, 0.25) is 0 Å². The quantitative estimate of drug-likeness (QED) is 0.586. The Balaban J connectivity index is 1.55. The van der Waals surface area contributed by atoms with Crippen molar-refractivity contribution in [1.29, 1.82) is 0 Å². The Morgan fingerprint density at radius 2 is 1.72 bits per heavy atom. The van der Waals surface area contributed by atoms with Gasteiger partial charge < -0.3 is 10.2 Å². The number of halogens is 1. The fourth-order valence-electron chi connectivity index (χ4n) is 4.31. The molecule has 0 aliphatic carbocycles. The number of hydrogen-bond donors (Lipinski definition) is 1. The lowest BCUT2D eigenvalue weighted by Gasteiger charge is -2.59. The number of imidazole rings is 1. The predicted molar refractivity (Wildman–Crippen MR) is 110 cm³/mol. The number of nitrogens with zero attached hydrogens (tertiary/aromatic N) is 5. The van der Waals surface area contributed by atoms with Crippen molar-refractivity contribution in [3.63, 3.8) is 0 Å². The van der Waals surface area contributed by atoms with Crippen LogP contribution in [0.15, 0.2) is 60.9 Å². The first-order valence-corrected chi connectivity index (χ1v) is 9.78. The van der Waals surface area contributed by atoms with Crippen LogP contribution in [0.5, 0.6) is 0 Å². The molecule has 2 fully saturated rings. The van der Waals surface area contributed by atoms with Gasteiger partial charge in [0.15, 0.2) is 5.65 Å². The van der Waals surface area contributed by atoms with E-state index in [1.165, 1.54) is 18.6 Å². The minimum atomic E-state index is -0.266. The molecule has 144 valence electrons. The van der Waals surface area contributed by atoms with E-state index in [9.17, 15) is 4.39 Å². The average Bonchev–Trinajstić information content (AvgIpc) is 3.06. The van der Waals surface area contributed by atoms with Crippen LogP contribution in [0.1, 0.15) is 6.42 Å². The Morgan fingerprint density at radius 3 is 2.38 bits per heavy atom. The highest BCUT2D eigenvalue weighted by Crippen LogP contribution is 2.38. The van der Waals surface area contributed by atoms with Crippen LogP contribution >= 0.6 is 0 Å². The molecular formula is C22H19FN6. The summed E-state index contributed by atoms with van der Waals surface area (Å²) >= 11 is 0. The number of benzene rings is 1. The van der Waals surface area contributed by atoms with Gasteiger partial charge in [-0.25, -0.2) is 14.4 Å². The summed E-state index contributed by atoms with van der Waals surface area (Å²) in [4.78, 5) is 16.4. The van der Waals surface area contributed by atoms with Gasteiger partial charge in [-0.3, -0.25) is 9.55 Å². The molecule has 0 atom stereocenters. The maximum absolute atomic E-state index is 13.5. The van der Waals surface area contributed by atoms with Crippen LogP contribution < -0.4 is 10.2 Å². The molecule has 29 heavy (non-hydrogen) atoms. The molecule has 2 aliphatic heterocycles. The third kappa shape index (κ3) is 2.47. The molecule has 3 aromatic heterocycles. The molecule has 6 nitrogen and oxygen atoms in total. The second kappa shape index (κ2) is 6.09. The van der Waals surface area contributed by atoms with Gasteiger partial charge >= 0.3 is 0 Å². The molecular weight excluding hydrogens is 367 g/mol. The molecule has 0 saturated carbocycles. The molecule has 0 unspecified atom stereocenters. The van der Waals surface area contributed by atoms with Gasteiger partial charge in [-0.15, -0.1) is 0 Å². The van der Waals surface area contributed by atoms with Gasteiger partial charge in [0.05, 0.1) is 11.2 Å². The first-order valence-electron chi connectivity index (χ1n) is 9.78. The molecule has 2 saturated heterocycles. The lowest BCUT2D eigenvalue weighted by molar-refractivity contribution is 0.178. The Labute approximate surface area is 167 Å². The zero-order chi connectivity index (χ0) is 19.4. The van der Waals surface area contributed by atoms with Crippen molar-refractivity contribution in [1.82, 2.24) is 24.8 Å². The predicted octanol–water partition coefficient (Wildman–Crippen LogP) is 3.17. The van der Waals surface area contributed by atoms with Crippen molar-refractivity contribution < 1.29 is 4.39 Å². The van der Waals surface area contributed by atoms with Crippen LogP contribution in [0.4, 0.5) is 10.2 Å². The third-order valence-electron chi connectivity index (χ3n) is 6.07. The second-order valence-corrected chi connectivity index (χ2v) is 7.72. The summed E-state index contributed by atoms with van der Waals surface area (Å²) in [5.41, 5.74) is 3.59. The van der Waals surface area contributed by atoms with E-state index in [1.807, 2.05) is 22.8 Å². The number of anilines is 1. The van der Waals surface area contributed by atoms with Gasteiger partial charge in [-0.2, -0.15) is 0 Å². The summed E-state index contributed by atoms with van der Waals surface area (Å²) in [6.07, 6.45) is 4.71. The van der Waals surface area contributed by atoms with Crippen molar-refractivity contribution in [3.8, 4) is 17.1 Å². The molecule has 2 aliphatic rings. The number of nitrogens with one attached hydrogen (secondary N) is 1. The van der Waals surface area contributed by atoms with Gasteiger partial charge in [0.25, 0.3) is 0 Å². The average molecular weight is 386 g/mol. The van der Waals surface area contributed by atoms with Crippen molar-refractivity contribution in [3.05, 3.63) is 66.7 Å². The number of hydrogen-bond acceptors (Lipinski definition) is 5. The zero-order valence-corrected chi connectivity index (χ0v) is 15.7. The van der Waals surface area contributed by atoms with Gasteiger partial charge in [0, 0.05) is 37.6 Å². The molecule has 5 heterocycles. The van der Waals surface area contributed by atoms with Gasteiger partial charge in [0.1, 0.15) is 23.0 Å². The van der Waals surface area contributed by atoms with E-state index in [0.29, 0.717) is 0 Å². The fraction of sp³-hybridized carbons (Fsp3) is 0.227. The Bertz CT molecular complexity index is 1190. The third-order valence-corrected chi connectivity index (χ3v) is 6.07. The first-order chi connectivity index (χ1) is 14.2. The number of rotatable bonds is 3. The number of aromatic nitrogens is 4. The lowest BCUT2D eigenvalue weighted by atomic mass is 9.79. The van der Waals surface area contributed by atoms with Crippen LogP contribution in [-0.4, -0.2) is 44.7 Å². The summed E-state index contributed by atoms with van der Waals surface area (Å²) in [7, 11) is 0. The molecule has 1 aromatic carbocycles. The highest BCUT2D eigenvalue weighted by atomic mass is 19.1. The van der Waals surface area contributed by atoms with Crippen LogP contribution in [0.3, 0.4) is 0 Å². The van der Waals surface area contributed by atoms with Gasteiger partial charge in [-0.05, 0) is 55.0 Å². The van der Waals surface area contributed by atoms with Crippen LogP contribution in [-0.2, 0) is 0 Å². The van der Waals surface area contributed by atoms with E-state index in [0.717, 1.165) is 53.7 Å². The van der Waals surface area contributed by atoms with Crippen molar-refractivity contribution in [2.24, 2.45) is 0 Å². The maximum atomic E-state index is 13.5. The van der Waals surface area contributed by atoms with E-state index in [2.05, 4.69) is 21.3 Å². The van der Waals surface area contributed by atoms with Crippen molar-refractivity contribution in [2.45, 2.75) is 12.0 Å². The molecule has 1 spiro atoms. The van der Waals surface area contributed by atoms with Crippen molar-refractivity contribution >= 4 is 17.0 Å². The Morgan fingerprint density at radius 1 is 0.931 bits per heavy atom. The van der Waals surface area contributed by atoms with E-state index in [-0.39, 0.29) is 11.4 Å². The molecule has 7 heteroatoms. The number of fused-ring (bicyclic) bond motifs is 1. The molecule has 1 N–H and O–H groups in total. The van der Waals surface area contributed by atoms with Crippen LogP contribution in [0.25, 0.3) is 28.2 Å². The molecule has 0 radical (unpaired) electrons. The SMILES string of the molecule is Fc1ccc(-c2nc3ccc(N4CCC45CNC5)nc3n2-c2ccncc2)cc1. The first kappa shape index (κ1) is 16.6. The summed E-state index contributed by atoms with van der Waals surface area (Å²) < 4.78 is 15.5. The monoisotopic (exact) mass is 386 g/mol. The van der Waals surface area contributed by atoms with Gasteiger partial charge in [0.2, 0.25) is 0 Å². The Hall–Kier alpha value is -3.32. The van der Waals surface area contributed by atoms with E-state index >= 15 is 0 Å². The standard InChI is InChI=1S/C22H19FN6/c23-16-3-1-15(2-4-16)20-26-18-5-6-19(28-12-9-22(28)13-25-14-22)27-21(18)29(20)17-7-10-24-11-8-17/h1-8,10-11,25H,9,12-14H2. The van der Waals surface area contributed by atoms with Crippen LogP contribution in [0, 0.1) is 5.82 Å². The largest absolute Gasteiger partial charge is 0.348 e. The van der Waals surface area contributed by atoms with E-state index in [4.69, 9.17) is 9.97 Å². The molecule has 4 aromatic rings. The second-order valence-electron chi connectivity index (χ2n) is 7.72. The summed E-state index contributed by atoms with van der Waals surface area (Å²) in [6.45, 7) is 3.04. The van der Waals surface area contributed by atoms with E-state index < -0.39 is 0 Å². The topological polar surface area (TPSA) is 58.9 Å². The highest BCUT2D eigenvalue weighted by Gasteiger charge is 2.49. The zero-order valence-electron chi connectivity index (χ0n) is 15.7. The molecule has 0 amide bonds. The smallest absolute Gasteiger partial charge is 0.167 e. The normalized spacial score (nSPS) is 17.3. The number of pyridine rings is 2. The lowest BCUT2D eigenvalue weighted by Crippen LogP contribution is -2.76. The highest BCUT2D eigenvalue weighted by molar-refractivity contribution is 5.81. The molecule has 6 rings (SSSR count). The van der Waals surface area contributed by atoms with E-state index in [1.54, 1.807) is 24.5 Å².